The van der Waals surface area contributed by atoms with Gasteiger partial charge in [0.25, 0.3) is 0 Å². The highest BCUT2D eigenvalue weighted by Crippen LogP contribution is 2.35. The van der Waals surface area contributed by atoms with E-state index in [4.69, 9.17) is 18.1 Å². The Labute approximate surface area is 167 Å². The summed E-state index contributed by atoms with van der Waals surface area (Å²) in [5.41, 5.74) is 7.17. The SMILES string of the molecule is [C-]#[N+]C([N+]#[C-])=C1C=CCC2=C1C=CCC2=Nc1ccc(N(CC)CC)cc1C. The van der Waals surface area contributed by atoms with Crippen molar-refractivity contribution in [1.29, 1.82) is 0 Å². The van der Waals surface area contributed by atoms with E-state index in [1.807, 2.05) is 18.2 Å². The molecule has 2 aliphatic rings. The van der Waals surface area contributed by atoms with Gasteiger partial charge >= 0.3 is 5.82 Å². The van der Waals surface area contributed by atoms with Crippen LogP contribution in [0.2, 0.25) is 0 Å². The van der Waals surface area contributed by atoms with Crippen LogP contribution in [0.15, 0.2) is 70.0 Å². The van der Waals surface area contributed by atoms with E-state index >= 15 is 0 Å². The van der Waals surface area contributed by atoms with Crippen molar-refractivity contribution in [2.75, 3.05) is 18.0 Å². The monoisotopic (exact) mass is 368 g/mol. The Morgan fingerprint density at radius 1 is 1.07 bits per heavy atom. The Kier molecular flexibility index (Phi) is 5.92. The quantitative estimate of drug-likeness (QED) is 0.582. The summed E-state index contributed by atoms with van der Waals surface area (Å²) < 4.78 is 0. The van der Waals surface area contributed by atoms with Gasteiger partial charge in [-0.2, -0.15) is 9.69 Å². The number of aryl methyl sites for hydroxylation is 1. The standard InChI is InChI=1S/C24H24N4/c1-6-28(7-2)18-14-15-22(17(3)16-18)27-23-13-9-10-19-20(23)11-8-12-21(19)24(25-4)26-5/h8-10,12,14-16H,6-7,11,13H2,1-3H3. The number of nitrogens with zero attached hydrogens (tertiary/aromatic N) is 4. The molecule has 0 aliphatic heterocycles. The summed E-state index contributed by atoms with van der Waals surface area (Å²) in [7, 11) is 0. The number of allylic oxidation sites excluding steroid dienone is 7. The van der Waals surface area contributed by atoms with Gasteiger partial charge in [-0.05, 0) is 62.1 Å². The molecule has 0 saturated heterocycles. The molecule has 0 spiro atoms. The minimum absolute atomic E-state index is 0.120. The average molecular weight is 368 g/mol. The van der Waals surface area contributed by atoms with E-state index in [0.29, 0.717) is 5.57 Å². The Balaban J connectivity index is 2.03. The lowest BCUT2D eigenvalue weighted by Gasteiger charge is -2.23. The maximum atomic E-state index is 7.29. The van der Waals surface area contributed by atoms with Gasteiger partial charge in [0.15, 0.2) is 0 Å². The molecule has 1 aromatic rings. The van der Waals surface area contributed by atoms with Gasteiger partial charge in [0, 0.05) is 30.9 Å². The van der Waals surface area contributed by atoms with Gasteiger partial charge in [-0.3, -0.25) is 4.99 Å². The lowest BCUT2D eigenvalue weighted by Crippen LogP contribution is -2.21. The van der Waals surface area contributed by atoms with Gasteiger partial charge in [-0.15, -0.1) is 0 Å². The number of benzene rings is 1. The van der Waals surface area contributed by atoms with Crippen molar-refractivity contribution in [3.8, 4) is 0 Å². The van der Waals surface area contributed by atoms with E-state index in [1.165, 1.54) is 5.69 Å². The Bertz CT molecular complexity index is 1000. The number of hydrogen-bond acceptors (Lipinski definition) is 2. The topological polar surface area (TPSA) is 24.3 Å². The van der Waals surface area contributed by atoms with E-state index in [-0.39, 0.29) is 5.82 Å². The molecule has 0 amide bonds. The fraction of sp³-hybridized carbons (Fsp3) is 0.292. The molecule has 3 rings (SSSR count). The molecule has 0 fully saturated rings. The third kappa shape index (κ3) is 3.68. The highest BCUT2D eigenvalue weighted by molar-refractivity contribution is 6.06. The van der Waals surface area contributed by atoms with Crippen molar-refractivity contribution >= 4 is 17.1 Å². The van der Waals surface area contributed by atoms with Crippen LogP contribution in [0.5, 0.6) is 0 Å². The van der Waals surface area contributed by atoms with Crippen molar-refractivity contribution in [2.24, 2.45) is 4.99 Å². The molecule has 4 heteroatoms. The summed E-state index contributed by atoms with van der Waals surface area (Å²) in [4.78, 5) is 14.1. The van der Waals surface area contributed by atoms with Crippen molar-refractivity contribution < 1.29 is 0 Å². The molecular formula is C24H24N4. The second kappa shape index (κ2) is 8.55. The first kappa shape index (κ1) is 19.4. The lowest BCUT2D eigenvalue weighted by atomic mass is 9.85. The van der Waals surface area contributed by atoms with Gasteiger partial charge in [0.1, 0.15) is 13.1 Å². The number of rotatable bonds is 4. The van der Waals surface area contributed by atoms with Crippen LogP contribution in [-0.4, -0.2) is 18.8 Å². The predicted molar refractivity (Wildman–Crippen MR) is 117 cm³/mol. The van der Waals surface area contributed by atoms with Crippen LogP contribution in [0, 0.1) is 20.1 Å². The lowest BCUT2D eigenvalue weighted by molar-refractivity contribution is 0.865. The molecule has 4 nitrogen and oxygen atoms in total. The summed E-state index contributed by atoms with van der Waals surface area (Å²) in [5, 5.41) is 0. The molecule has 0 aromatic heterocycles. The fourth-order valence-corrected chi connectivity index (χ4v) is 3.68. The van der Waals surface area contributed by atoms with Crippen molar-refractivity contribution in [3.05, 3.63) is 93.4 Å². The molecule has 2 aliphatic carbocycles. The molecular weight excluding hydrogens is 344 g/mol. The maximum absolute atomic E-state index is 7.29. The molecule has 28 heavy (non-hydrogen) atoms. The largest absolute Gasteiger partial charge is 0.527 e. The summed E-state index contributed by atoms with van der Waals surface area (Å²) in [5.74, 6) is 0.120. The first-order valence-electron chi connectivity index (χ1n) is 9.62. The second-order valence-corrected chi connectivity index (χ2v) is 6.77. The molecule has 0 unspecified atom stereocenters. The highest BCUT2D eigenvalue weighted by atomic mass is 15.1. The normalized spacial score (nSPS) is 16.6. The molecule has 0 heterocycles. The first-order chi connectivity index (χ1) is 13.6. The Morgan fingerprint density at radius 2 is 1.79 bits per heavy atom. The van der Waals surface area contributed by atoms with E-state index in [0.717, 1.165) is 54.0 Å². The summed E-state index contributed by atoms with van der Waals surface area (Å²) in [6.07, 6.45) is 9.56. The fourth-order valence-electron chi connectivity index (χ4n) is 3.68. The molecule has 140 valence electrons. The predicted octanol–water partition coefficient (Wildman–Crippen LogP) is 6.18. The van der Waals surface area contributed by atoms with Gasteiger partial charge in [-0.25, -0.2) is 0 Å². The zero-order valence-electron chi connectivity index (χ0n) is 16.7. The third-order valence-electron chi connectivity index (χ3n) is 5.18. The van der Waals surface area contributed by atoms with E-state index in [9.17, 15) is 0 Å². The number of hydrogen-bond donors (Lipinski definition) is 0. The summed E-state index contributed by atoms with van der Waals surface area (Å²) in [6.45, 7) is 23.0. The Morgan fingerprint density at radius 3 is 2.43 bits per heavy atom. The van der Waals surface area contributed by atoms with E-state index < -0.39 is 0 Å². The van der Waals surface area contributed by atoms with Crippen LogP contribution < -0.4 is 4.90 Å². The smallest absolute Gasteiger partial charge is 0.372 e. The van der Waals surface area contributed by atoms with Crippen LogP contribution >= 0.6 is 0 Å². The Hall–Kier alpha value is -3.37. The van der Waals surface area contributed by atoms with Crippen LogP contribution in [0.3, 0.4) is 0 Å². The van der Waals surface area contributed by atoms with E-state index in [1.54, 1.807) is 0 Å². The highest BCUT2D eigenvalue weighted by Gasteiger charge is 2.24. The second-order valence-electron chi connectivity index (χ2n) is 6.77. The van der Waals surface area contributed by atoms with Crippen molar-refractivity contribution in [3.63, 3.8) is 0 Å². The molecule has 0 radical (unpaired) electrons. The minimum Gasteiger partial charge on any atom is -0.372 e. The third-order valence-corrected chi connectivity index (χ3v) is 5.18. The van der Waals surface area contributed by atoms with Crippen molar-refractivity contribution in [2.45, 2.75) is 33.6 Å². The van der Waals surface area contributed by atoms with E-state index in [2.05, 4.69) is 59.6 Å². The molecule has 0 saturated carbocycles. The zero-order chi connectivity index (χ0) is 20.1. The van der Waals surface area contributed by atoms with Gasteiger partial charge in [-0.1, -0.05) is 24.3 Å². The van der Waals surface area contributed by atoms with Crippen LogP contribution in [0.25, 0.3) is 9.69 Å². The number of anilines is 1. The first-order valence-corrected chi connectivity index (χ1v) is 9.62. The van der Waals surface area contributed by atoms with Gasteiger partial charge in [0.05, 0.1) is 11.3 Å². The summed E-state index contributed by atoms with van der Waals surface area (Å²) in [6, 6.07) is 6.42. The minimum atomic E-state index is 0.120. The molecule has 0 N–H and O–H groups in total. The molecule has 1 aromatic carbocycles. The van der Waals surface area contributed by atoms with Gasteiger partial charge < -0.3 is 4.90 Å². The maximum Gasteiger partial charge on any atom is 0.527 e. The number of aliphatic imine (C=N–C) groups is 1. The van der Waals surface area contributed by atoms with Crippen LogP contribution in [0.1, 0.15) is 32.3 Å². The zero-order valence-corrected chi connectivity index (χ0v) is 16.7. The summed E-state index contributed by atoms with van der Waals surface area (Å²) >= 11 is 0. The average Bonchev–Trinajstić information content (AvgIpc) is 2.72. The van der Waals surface area contributed by atoms with Crippen molar-refractivity contribution in [1.82, 2.24) is 0 Å². The molecule has 0 atom stereocenters. The molecule has 0 bridgehead atoms. The van der Waals surface area contributed by atoms with Crippen LogP contribution in [-0.2, 0) is 0 Å². The van der Waals surface area contributed by atoms with Crippen LogP contribution in [0.4, 0.5) is 11.4 Å². The van der Waals surface area contributed by atoms with Gasteiger partial charge in [0.2, 0.25) is 0 Å².